The van der Waals surface area contributed by atoms with Crippen molar-refractivity contribution in [2.75, 3.05) is 24.0 Å². The Morgan fingerprint density at radius 3 is 2.42 bits per heavy atom. The summed E-state index contributed by atoms with van der Waals surface area (Å²) in [6.07, 6.45) is 6.01. The van der Waals surface area contributed by atoms with Crippen LogP contribution in [0.25, 0.3) is 10.4 Å². The first-order valence-corrected chi connectivity index (χ1v) is 17.7. The van der Waals surface area contributed by atoms with Crippen LogP contribution in [-0.2, 0) is 25.3 Å². The molecule has 0 radical (unpaired) electrons. The molecular weight excluding hydrogens is 656 g/mol. The number of ether oxygens (including phenoxy) is 2. The van der Waals surface area contributed by atoms with Crippen molar-refractivity contribution in [1.82, 2.24) is 5.32 Å². The maximum Gasteiger partial charge on any atom is 0.349 e. The van der Waals surface area contributed by atoms with Crippen molar-refractivity contribution in [3.8, 4) is 16.2 Å². The smallest absolute Gasteiger partial charge is 0.349 e. The van der Waals surface area contributed by atoms with Gasteiger partial charge in [0.2, 0.25) is 10.0 Å². The number of aromatic carboxylic acids is 1. The number of anilines is 1. The van der Waals surface area contributed by atoms with Gasteiger partial charge in [0.15, 0.2) is 17.2 Å². The van der Waals surface area contributed by atoms with Crippen LogP contribution in [0.3, 0.4) is 0 Å². The number of nitrogens with zero attached hydrogens (tertiary/aromatic N) is 1. The largest absolute Gasteiger partial charge is 0.479 e. The van der Waals surface area contributed by atoms with Crippen molar-refractivity contribution in [3.63, 3.8) is 0 Å². The molecule has 230 valence electrons. The van der Waals surface area contributed by atoms with Crippen LogP contribution in [0, 0.1) is 0 Å². The second-order valence-electron chi connectivity index (χ2n) is 10.8. The number of benzene rings is 2. The Morgan fingerprint density at radius 2 is 1.72 bits per heavy atom. The highest BCUT2D eigenvalue weighted by atomic mass is 79.9. The van der Waals surface area contributed by atoms with Crippen molar-refractivity contribution in [3.05, 3.63) is 69.5 Å². The lowest BCUT2D eigenvalue weighted by atomic mass is 9.98. The van der Waals surface area contributed by atoms with Crippen LogP contribution in [0.15, 0.2) is 59.1 Å². The lowest BCUT2D eigenvalue weighted by molar-refractivity contribution is -0.152. The van der Waals surface area contributed by atoms with Gasteiger partial charge in [0.25, 0.3) is 0 Å². The maximum atomic E-state index is 13.9. The molecule has 0 atom stereocenters. The number of thiophene rings is 1. The highest BCUT2D eigenvalue weighted by molar-refractivity contribution is 9.10. The quantitative estimate of drug-likeness (QED) is 0.228. The van der Waals surface area contributed by atoms with E-state index < -0.39 is 28.6 Å². The summed E-state index contributed by atoms with van der Waals surface area (Å²) in [5.74, 6) is -1.81. The summed E-state index contributed by atoms with van der Waals surface area (Å²) >= 11 is 4.51. The summed E-state index contributed by atoms with van der Waals surface area (Å²) in [7, 11) is -3.76. The third-order valence-electron chi connectivity index (χ3n) is 7.68. The fourth-order valence-electron chi connectivity index (χ4n) is 5.66. The summed E-state index contributed by atoms with van der Waals surface area (Å²) < 4.78 is 41.0. The van der Waals surface area contributed by atoms with Gasteiger partial charge in [-0.2, -0.15) is 0 Å². The molecule has 0 unspecified atom stereocenters. The van der Waals surface area contributed by atoms with Crippen LogP contribution in [-0.4, -0.2) is 57.3 Å². The van der Waals surface area contributed by atoms with E-state index in [-0.39, 0.29) is 28.5 Å². The van der Waals surface area contributed by atoms with E-state index in [1.54, 1.807) is 36.4 Å². The monoisotopic (exact) mass is 690 g/mol. The van der Waals surface area contributed by atoms with Gasteiger partial charge in [0.05, 0.1) is 20.8 Å². The fraction of sp³-hybridized carbons (Fsp3) is 0.419. The number of esters is 1. The summed E-state index contributed by atoms with van der Waals surface area (Å²) in [6, 6.07) is 16.0. The first-order chi connectivity index (χ1) is 20.7. The SMILES string of the molecule is O=C(COc1c(C(=O)O)sc(-c2cccc(N(C3CCNCC3)S(=O)(=O)Cc3ccccc3)c2)c1Br)OC1CCCCC1. The molecule has 3 aromatic rings. The number of carbonyl (C=O) groups is 2. The van der Waals surface area contributed by atoms with E-state index in [0.717, 1.165) is 43.4 Å². The normalized spacial score (nSPS) is 16.5. The number of halogens is 1. The Balaban J connectivity index is 1.43. The molecule has 2 N–H and O–H groups in total. The second kappa shape index (κ2) is 14.2. The van der Waals surface area contributed by atoms with Gasteiger partial charge >= 0.3 is 11.9 Å². The number of carboxylic acids is 1. The first kappa shape index (κ1) is 31.5. The van der Waals surface area contributed by atoms with E-state index in [4.69, 9.17) is 9.47 Å². The van der Waals surface area contributed by atoms with E-state index in [1.807, 2.05) is 18.2 Å². The summed E-state index contributed by atoms with van der Waals surface area (Å²) in [5, 5.41) is 13.2. The minimum atomic E-state index is -3.76. The van der Waals surface area contributed by atoms with Gasteiger partial charge in [-0.3, -0.25) is 4.31 Å². The maximum absolute atomic E-state index is 13.9. The van der Waals surface area contributed by atoms with Crippen LogP contribution < -0.4 is 14.4 Å². The number of carboxylic acid groups (broad SMARTS) is 1. The molecule has 1 aliphatic heterocycles. The molecular formula is C31H35BrN2O7S2. The summed E-state index contributed by atoms with van der Waals surface area (Å²) in [6.45, 7) is 1.01. The number of carbonyl (C=O) groups excluding carboxylic acids is 1. The Morgan fingerprint density at radius 1 is 1.00 bits per heavy atom. The van der Waals surface area contributed by atoms with E-state index in [9.17, 15) is 23.1 Å². The molecule has 9 nitrogen and oxygen atoms in total. The van der Waals surface area contributed by atoms with Crippen LogP contribution in [0.1, 0.15) is 60.2 Å². The molecule has 2 heterocycles. The second-order valence-corrected chi connectivity index (χ2v) is 14.5. The van der Waals surface area contributed by atoms with Gasteiger partial charge in [-0.15, -0.1) is 11.3 Å². The average Bonchev–Trinajstić information content (AvgIpc) is 3.34. The minimum Gasteiger partial charge on any atom is -0.479 e. The molecule has 0 spiro atoms. The lowest BCUT2D eigenvalue weighted by Gasteiger charge is -2.35. The minimum absolute atomic E-state index is 0.0467. The third kappa shape index (κ3) is 7.78. The Labute approximate surface area is 264 Å². The Bertz CT molecular complexity index is 1530. The summed E-state index contributed by atoms with van der Waals surface area (Å²) in [5.41, 5.74) is 1.84. The number of rotatable bonds is 11. The fourth-order valence-corrected chi connectivity index (χ4v) is 9.40. The zero-order chi connectivity index (χ0) is 30.4. The standard InChI is InChI=1S/C31H35BrN2O7S2/c32-27-28(40-19-26(35)41-25-12-5-2-6-13-25)30(31(36)37)42-29(27)22-10-7-11-24(18-22)34(23-14-16-33-17-15-23)43(38,39)20-21-8-3-1-4-9-21/h1,3-4,7-11,18,23,25,33H,2,5-6,12-17,19-20H2,(H,36,37). The highest BCUT2D eigenvalue weighted by Gasteiger charge is 2.32. The van der Waals surface area contributed by atoms with Crippen molar-refractivity contribution < 1.29 is 32.6 Å². The predicted octanol–water partition coefficient (Wildman–Crippen LogP) is 6.22. The molecule has 2 aliphatic rings. The zero-order valence-electron chi connectivity index (χ0n) is 23.7. The Kier molecular flexibility index (Phi) is 10.4. The predicted molar refractivity (Wildman–Crippen MR) is 170 cm³/mol. The van der Waals surface area contributed by atoms with E-state index in [0.29, 0.717) is 52.1 Å². The molecule has 2 fully saturated rings. The molecule has 1 aromatic heterocycles. The molecule has 5 rings (SSSR count). The van der Waals surface area contributed by atoms with Gasteiger partial charge in [-0.25, -0.2) is 18.0 Å². The van der Waals surface area contributed by atoms with E-state index in [2.05, 4.69) is 21.2 Å². The van der Waals surface area contributed by atoms with Crippen LogP contribution in [0.5, 0.6) is 5.75 Å². The van der Waals surface area contributed by atoms with Crippen LogP contribution >= 0.6 is 27.3 Å². The van der Waals surface area contributed by atoms with E-state index >= 15 is 0 Å². The highest BCUT2D eigenvalue weighted by Crippen LogP contribution is 2.46. The number of piperidine rings is 1. The number of nitrogens with one attached hydrogen (secondary N) is 1. The lowest BCUT2D eigenvalue weighted by Crippen LogP contribution is -2.46. The Hall–Kier alpha value is -2.93. The molecule has 1 aliphatic carbocycles. The number of hydrogen-bond donors (Lipinski definition) is 2. The van der Waals surface area contributed by atoms with Crippen molar-refractivity contribution in [2.45, 2.75) is 62.8 Å². The van der Waals surface area contributed by atoms with Gasteiger partial charge in [0, 0.05) is 6.04 Å². The van der Waals surface area contributed by atoms with Crippen molar-refractivity contribution in [2.24, 2.45) is 0 Å². The molecule has 43 heavy (non-hydrogen) atoms. The molecule has 0 amide bonds. The molecule has 0 bridgehead atoms. The number of sulfonamides is 1. The number of hydrogen-bond acceptors (Lipinski definition) is 8. The van der Waals surface area contributed by atoms with Gasteiger partial charge in [-0.05, 0) is 90.8 Å². The summed E-state index contributed by atoms with van der Waals surface area (Å²) in [4.78, 5) is 25.1. The van der Waals surface area contributed by atoms with Gasteiger partial charge in [0.1, 0.15) is 6.10 Å². The van der Waals surface area contributed by atoms with Crippen molar-refractivity contribution >= 4 is 54.9 Å². The first-order valence-electron chi connectivity index (χ1n) is 14.5. The molecule has 12 heteroatoms. The molecule has 1 saturated heterocycles. The topological polar surface area (TPSA) is 122 Å². The van der Waals surface area contributed by atoms with Crippen LogP contribution in [0.2, 0.25) is 0 Å². The molecule has 1 saturated carbocycles. The van der Waals surface area contributed by atoms with Crippen LogP contribution in [0.4, 0.5) is 5.69 Å². The van der Waals surface area contributed by atoms with Gasteiger partial charge in [-0.1, -0.05) is 48.9 Å². The van der Waals surface area contributed by atoms with Gasteiger partial charge < -0.3 is 19.9 Å². The third-order valence-corrected chi connectivity index (χ3v) is 11.7. The van der Waals surface area contributed by atoms with Crippen molar-refractivity contribution in [1.29, 1.82) is 0 Å². The van der Waals surface area contributed by atoms with E-state index in [1.165, 1.54) is 4.31 Å². The zero-order valence-corrected chi connectivity index (χ0v) is 26.9. The average molecular weight is 692 g/mol. The molecule has 2 aromatic carbocycles.